The van der Waals surface area contributed by atoms with Gasteiger partial charge in [0.2, 0.25) is 0 Å². The molecule has 1 atom stereocenters. The molecule has 1 aliphatic carbocycles. The minimum Gasteiger partial charge on any atom is -0.293 e. The van der Waals surface area contributed by atoms with Crippen LogP contribution in [0.2, 0.25) is 0 Å². The summed E-state index contributed by atoms with van der Waals surface area (Å²) in [6.45, 7) is 0. The number of halogens is 3. The SMILES string of the molecule is O=C(c1ccc(F)c(F)c1F)C1Cc2ccccc21. The molecule has 2 aromatic rings. The third kappa shape index (κ3) is 1.75. The first-order valence-electron chi connectivity index (χ1n) is 5.85. The van der Waals surface area contributed by atoms with Crippen molar-refractivity contribution < 1.29 is 18.0 Å². The normalized spacial score (nSPS) is 16.7. The molecule has 0 bridgehead atoms. The van der Waals surface area contributed by atoms with E-state index in [2.05, 4.69) is 0 Å². The van der Waals surface area contributed by atoms with E-state index in [9.17, 15) is 18.0 Å². The van der Waals surface area contributed by atoms with Crippen LogP contribution in [0.15, 0.2) is 36.4 Å². The highest BCUT2D eigenvalue weighted by Crippen LogP contribution is 2.37. The third-order valence-corrected chi connectivity index (χ3v) is 3.47. The Hall–Kier alpha value is -2.10. The van der Waals surface area contributed by atoms with Gasteiger partial charge in [0.25, 0.3) is 0 Å². The second-order valence-corrected chi connectivity index (χ2v) is 4.54. The summed E-state index contributed by atoms with van der Waals surface area (Å²) in [6.07, 6.45) is 0.507. The molecule has 3 rings (SSSR count). The second kappa shape index (κ2) is 4.23. The Labute approximate surface area is 107 Å². The molecule has 4 heteroatoms. The third-order valence-electron chi connectivity index (χ3n) is 3.47. The number of carbonyl (C=O) groups is 1. The van der Waals surface area contributed by atoms with Crippen LogP contribution < -0.4 is 0 Å². The molecule has 1 aliphatic rings. The molecule has 0 saturated heterocycles. The van der Waals surface area contributed by atoms with Crippen molar-refractivity contribution in [1.29, 1.82) is 0 Å². The van der Waals surface area contributed by atoms with E-state index >= 15 is 0 Å². The number of hydrogen-bond acceptors (Lipinski definition) is 1. The van der Waals surface area contributed by atoms with E-state index < -0.39 is 34.7 Å². The fourth-order valence-electron chi connectivity index (χ4n) is 2.40. The maximum atomic E-state index is 13.6. The van der Waals surface area contributed by atoms with Crippen molar-refractivity contribution in [2.24, 2.45) is 0 Å². The number of benzene rings is 2. The van der Waals surface area contributed by atoms with Crippen LogP contribution in [-0.4, -0.2) is 5.78 Å². The number of Topliss-reactive ketones (excluding diaryl/α,β-unsaturated/α-hetero) is 1. The lowest BCUT2D eigenvalue weighted by molar-refractivity contribution is 0.0943. The van der Waals surface area contributed by atoms with Crippen LogP contribution in [0.25, 0.3) is 0 Å². The summed E-state index contributed by atoms with van der Waals surface area (Å²) in [4.78, 5) is 12.1. The average molecular weight is 262 g/mol. The highest BCUT2D eigenvalue weighted by molar-refractivity contribution is 6.02. The Morgan fingerprint density at radius 1 is 1.00 bits per heavy atom. The van der Waals surface area contributed by atoms with Gasteiger partial charge in [-0.3, -0.25) is 4.79 Å². The van der Waals surface area contributed by atoms with Crippen molar-refractivity contribution in [3.63, 3.8) is 0 Å². The molecule has 0 N–H and O–H groups in total. The van der Waals surface area contributed by atoms with Crippen LogP contribution in [0.5, 0.6) is 0 Å². The van der Waals surface area contributed by atoms with E-state index in [1.807, 2.05) is 12.1 Å². The Kier molecular flexibility index (Phi) is 2.66. The summed E-state index contributed by atoms with van der Waals surface area (Å²) < 4.78 is 39.5. The number of carbonyl (C=O) groups excluding carboxylic acids is 1. The van der Waals surface area contributed by atoms with Crippen LogP contribution in [0, 0.1) is 17.5 Å². The van der Waals surface area contributed by atoms with Gasteiger partial charge in [0.05, 0.1) is 11.5 Å². The van der Waals surface area contributed by atoms with Crippen molar-refractivity contribution in [2.75, 3.05) is 0 Å². The lowest BCUT2D eigenvalue weighted by Crippen LogP contribution is -2.26. The number of fused-ring (bicyclic) bond motifs is 1. The standard InChI is InChI=1S/C15H9F3O/c16-12-6-5-10(13(17)14(12)18)15(19)11-7-8-3-1-2-4-9(8)11/h1-6,11H,7H2. The molecule has 0 heterocycles. The van der Waals surface area contributed by atoms with Crippen LogP contribution in [0.3, 0.4) is 0 Å². The summed E-state index contributed by atoms with van der Waals surface area (Å²) in [5, 5.41) is 0. The highest BCUT2D eigenvalue weighted by atomic mass is 19.2. The lowest BCUT2D eigenvalue weighted by atomic mass is 9.74. The minimum atomic E-state index is -1.60. The lowest BCUT2D eigenvalue weighted by Gasteiger charge is -2.28. The molecule has 0 aromatic heterocycles. The zero-order valence-corrected chi connectivity index (χ0v) is 9.79. The van der Waals surface area contributed by atoms with E-state index in [1.54, 1.807) is 12.1 Å². The van der Waals surface area contributed by atoms with E-state index in [0.29, 0.717) is 6.42 Å². The Morgan fingerprint density at radius 2 is 1.74 bits per heavy atom. The molecular formula is C15H9F3O. The molecule has 0 fully saturated rings. The van der Waals surface area contributed by atoms with Crippen molar-refractivity contribution >= 4 is 5.78 Å². The average Bonchev–Trinajstić information content (AvgIpc) is 2.37. The van der Waals surface area contributed by atoms with E-state index in [0.717, 1.165) is 23.3 Å². The molecule has 1 nitrogen and oxygen atoms in total. The van der Waals surface area contributed by atoms with Gasteiger partial charge in [0.15, 0.2) is 23.2 Å². The zero-order valence-electron chi connectivity index (χ0n) is 9.79. The van der Waals surface area contributed by atoms with Gasteiger partial charge >= 0.3 is 0 Å². The first kappa shape index (κ1) is 12.0. The molecule has 19 heavy (non-hydrogen) atoms. The molecule has 0 amide bonds. The molecule has 0 aliphatic heterocycles. The molecule has 0 spiro atoms. The van der Waals surface area contributed by atoms with Crippen LogP contribution in [-0.2, 0) is 6.42 Å². The first-order chi connectivity index (χ1) is 9.09. The minimum absolute atomic E-state index is 0.390. The topological polar surface area (TPSA) is 17.1 Å². The monoisotopic (exact) mass is 262 g/mol. The van der Waals surface area contributed by atoms with E-state index in [-0.39, 0.29) is 0 Å². The maximum absolute atomic E-state index is 13.6. The Balaban J connectivity index is 1.97. The molecule has 2 aromatic carbocycles. The smallest absolute Gasteiger partial charge is 0.195 e. The summed E-state index contributed by atoms with van der Waals surface area (Å²) in [6, 6.07) is 9.10. The Bertz CT molecular complexity index is 679. The number of hydrogen-bond donors (Lipinski definition) is 0. The molecule has 1 unspecified atom stereocenters. The summed E-state index contributed by atoms with van der Waals surface area (Å²) in [7, 11) is 0. The predicted octanol–water partition coefficient (Wildman–Crippen LogP) is 3.63. The second-order valence-electron chi connectivity index (χ2n) is 4.54. The maximum Gasteiger partial charge on any atom is 0.195 e. The van der Waals surface area contributed by atoms with Gasteiger partial charge in [-0.25, -0.2) is 13.2 Å². The molecule has 96 valence electrons. The van der Waals surface area contributed by atoms with E-state index in [1.165, 1.54) is 0 Å². The van der Waals surface area contributed by atoms with Crippen LogP contribution >= 0.6 is 0 Å². The van der Waals surface area contributed by atoms with Crippen molar-refractivity contribution in [3.8, 4) is 0 Å². The van der Waals surface area contributed by atoms with Gasteiger partial charge in [-0.15, -0.1) is 0 Å². The van der Waals surface area contributed by atoms with Gasteiger partial charge in [0.1, 0.15) is 0 Å². The van der Waals surface area contributed by atoms with Crippen molar-refractivity contribution in [2.45, 2.75) is 12.3 Å². The predicted molar refractivity (Wildman–Crippen MR) is 63.5 cm³/mol. The summed E-state index contributed by atoms with van der Waals surface area (Å²) >= 11 is 0. The highest BCUT2D eigenvalue weighted by Gasteiger charge is 2.34. The quantitative estimate of drug-likeness (QED) is 0.596. The molecule has 0 saturated carbocycles. The largest absolute Gasteiger partial charge is 0.293 e. The van der Waals surface area contributed by atoms with Crippen LogP contribution in [0.4, 0.5) is 13.2 Å². The van der Waals surface area contributed by atoms with Gasteiger partial charge in [-0.2, -0.15) is 0 Å². The number of ketones is 1. The summed E-state index contributed by atoms with van der Waals surface area (Å²) in [5.74, 6) is -5.26. The van der Waals surface area contributed by atoms with Crippen molar-refractivity contribution in [1.82, 2.24) is 0 Å². The van der Waals surface area contributed by atoms with E-state index in [4.69, 9.17) is 0 Å². The summed E-state index contributed by atoms with van der Waals surface area (Å²) in [5.41, 5.74) is 1.47. The number of rotatable bonds is 2. The van der Waals surface area contributed by atoms with Crippen molar-refractivity contribution in [3.05, 3.63) is 70.5 Å². The first-order valence-corrected chi connectivity index (χ1v) is 5.85. The van der Waals surface area contributed by atoms with Gasteiger partial charge in [-0.05, 0) is 29.7 Å². The molecule has 0 radical (unpaired) electrons. The fraction of sp³-hybridized carbons (Fsp3) is 0.133. The Morgan fingerprint density at radius 3 is 2.47 bits per heavy atom. The zero-order chi connectivity index (χ0) is 13.6. The van der Waals surface area contributed by atoms with Gasteiger partial charge < -0.3 is 0 Å². The fourth-order valence-corrected chi connectivity index (χ4v) is 2.40. The van der Waals surface area contributed by atoms with Crippen LogP contribution in [0.1, 0.15) is 27.4 Å². The molecular weight excluding hydrogens is 253 g/mol. The van der Waals surface area contributed by atoms with Gasteiger partial charge in [-0.1, -0.05) is 24.3 Å². The van der Waals surface area contributed by atoms with Gasteiger partial charge in [0, 0.05) is 0 Å².